The second kappa shape index (κ2) is 16.9. The van der Waals surface area contributed by atoms with Crippen LogP contribution in [0.5, 0.6) is 0 Å². The minimum atomic E-state index is -0.746. The van der Waals surface area contributed by atoms with Gasteiger partial charge in [-0.2, -0.15) is 5.26 Å². The van der Waals surface area contributed by atoms with Gasteiger partial charge >= 0.3 is 12.2 Å². The van der Waals surface area contributed by atoms with Gasteiger partial charge in [0.25, 0.3) is 0 Å². The molecule has 0 saturated carbocycles. The largest absolute Gasteiger partial charge is 0.453 e. The first-order chi connectivity index (χ1) is 25.7. The van der Waals surface area contributed by atoms with Crippen LogP contribution in [0.4, 0.5) is 9.59 Å². The van der Waals surface area contributed by atoms with E-state index in [-0.39, 0.29) is 47.6 Å². The van der Waals surface area contributed by atoms with E-state index >= 15 is 0 Å². The van der Waals surface area contributed by atoms with Crippen molar-refractivity contribution in [1.82, 2.24) is 40.4 Å². The van der Waals surface area contributed by atoms with Crippen molar-refractivity contribution in [2.45, 2.75) is 78.6 Å². The number of nitrogens with one attached hydrogen (secondary N) is 4. The highest BCUT2D eigenvalue weighted by Crippen LogP contribution is 2.37. The summed E-state index contributed by atoms with van der Waals surface area (Å²) in [6.07, 6.45) is 3.38. The molecule has 4 heterocycles. The zero-order valence-electron chi connectivity index (χ0n) is 32.0. The fourth-order valence-electron chi connectivity index (χ4n) is 7.12. The summed E-state index contributed by atoms with van der Waals surface area (Å²) in [5.41, 5.74) is 2.84. The summed E-state index contributed by atoms with van der Waals surface area (Å²) < 4.78 is 9.49. The number of carbonyl (C=O) groups excluding carboxylic acids is 4. The molecule has 0 unspecified atom stereocenters. The predicted molar refractivity (Wildman–Crippen MR) is 198 cm³/mol. The molecule has 0 bridgehead atoms. The summed E-state index contributed by atoms with van der Waals surface area (Å²) in [4.78, 5) is 70.6. The number of rotatable bonds is 9. The summed E-state index contributed by atoms with van der Waals surface area (Å²) in [6, 6.07) is 5.49. The lowest BCUT2D eigenvalue weighted by atomic mass is 10.0. The van der Waals surface area contributed by atoms with Crippen LogP contribution in [0.25, 0.3) is 11.3 Å². The molecule has 286 valence electrons. The Hall–Kier alpha value is -5.83. The van der Waals surface area contributed by atoms with E-state index in [1.54, 1.807) is 34.3 Å². The van der Waals surface area contributed by atoms with E-state index in [1.807, 2.05) is 33.8 Å². The van der Waals surface area contributed by atoms with Gasteiger partial charge in [-0.25, -0.2) is 19.6 Å². The number of aromatic nitrogens is 4. The third kappa shape index (κ3) is 8.68. The molecule has 0 radical (unpaired) electrons. The molecule has 0 aliphatic carbocycles. The first-order valence-corrected chi connectivity index (χ1v) is 18.2. The van der Waals surface area contributed by atoms with Crippen molar-refractivity contribution in [3.8, 4) is 29.2 Å². The Morgan fingerprint density at radius 1 is 0.796 bits per heavy atom. The van der Waals surface area contributed by atoms with Gasteiger partial charge in [-0.3, -0.25) is 9.59 Å². The third-order valence-corrected chi connectivity index (χ3v) is 9.97. The second-order valence-corrected chi connectivity index (χ2v) is 14.9. The quantitative estimate of drug-likeness (QED) is 0.226. The van der Waals surface area contributed by atoms with Crippen LogP contribution < -0.4 is 10.6 Å². The molecule has 0 spiro atoms. The number of nitriles is 1. The molecule has 2 aliphatic rings. The third-order valence-electron chi connectivity index (χ3n) is 9.97. The lowest BCUT2D eigenvalue weighted by molar-refractivity contribution is -0.136. The van der Waals surface area contributed by atoms with Gasteiger partial charge in [-0.15, -0.1) is 0 Å². The molecule has 15 heteroatoms. The van der Waals surface area contributed by atoms with Gasteiger partial charge in [0.05, 0.1) is 50.0 Å². The van der Waals surface area contributed by atoms with Crippen molar-refractivity contribution in [2.24, 2.45) is 23.7 Å². The Morgan fingerprint density at radius 3 is 1.81 bits per heavy atom. The summed E-state index contributed by atoms with van der Waals surface area (Å²) >= 11 is 0. The van der Waals surface area contributed by atoms with Gasteiger partial charge in [0.2, 0.25) is 11.8 Å². The van der Waals surface area contributed by atoms with Crippen LogP contribution in [0.15, 0.2) is 30.6 Å². The van der Waals surface area contributed by atoms with Crippen LogP contribution >= 0.6 is 0 Å². The van der Waals surface area contributed by atoms with Crippen LogP contribution in [0.2, 0.25) is 0 Å². The normalized spacial score (nSPS) is 20.5. The number of H-pyrrole nitrogens is 2. The van der Waals surface area contributed by atoms with Crippen molar-refractivity contribution in [3.63, 3.8) is 0 Å². The molecule has 4 N–H and O–H groups in total. The monoisotopic (exact) mass is 739 g/mol. The van der Waals surface area contributed by atoms with Crippen LogP contribution in [0.1, 0.15) is 94.9 Å². The fourth-order valence-corrected chi connectivity index (χ4v) is 7.12. The number of aromatic amines is 2. The number of nitrogens with zero attached hydrogens (tertiary/aromatic N) is 5. The van der Waals surface area contributed by atoms with Gasteiger partial charge in [-0.1, -0.05) is 53.5 Å². The van der Waals surface area contributed by atoms with Crippen molar-refractivity contribution >= 4 is 24.0 Å². The lowest BCUT2D eigenvalue weighted by Crippen LogP contribution is -2.51. The number of imidazole rings is 2. The smallest absolute Gasteiger partial charge is 0.407 e. The van der Waals surface area contributed by atoms with Crippen molar-refractivity contribution < 1.29 is 28.7 Å². The number of hydrogen-bond donors (Lipinski definition) is 4. The molecule has 2 aliphatic heterocycles. The highest BCUT2D eigenvalue weighted by Gasteiger charge is 2.41. The number of amides is 4. The molecule has 4 amide bonds. The van der Waals surface area contributed by atoms with E-state index in [0.29, 0.717) is 60.1 Å². The van der Waals surface area contributed by atoms with E-state index in [2.05, 4.69) is 62.3 Å². The van der Waals surface area contributed by atoms with Gasteiger partial charge < -0.3 is 39.9 Å². The van der Waals surface area contributed by atoms with E-state index < -0.39 is 24.3 Å². The van der Waals surface area contributed by atoms with E-state index in [4.69, 9.17) is 9.47 Å². The fraction of sp³-hybridized carbons (Fsp3) is 0.513. The summed E-state index contributed by atoms with van der Waals surface area (Å²) in [5, 5.41) is 15.4. The van der Waals surface area contributed by atoms with Crippen molar-refractivity contribution in [3.05, 3.63) is 59.1 Å². The Balaban J connectivity index is 1.32. The molecular formula is C39H49N9O6. The number of alkyl carbamates (subject to hydrolysis) is 2. The average molecular weight is 740 g/mol. The molecule has 2 aromatic heterocycles. The van der Waals surface area contributed by atoms with Crippen molar-refractivity contribution in [2.75, 3.05) is 27.3 Å². The number of benzene rings is 1. The maximum Gasteiger partial charge on any atom is 0.407 e. The zero-order chi connectivity index (χ0) is 39.3. The van der Waals surface area contributed by atoms with Gasteiger partial charge in [0.15, 0.2) is 0 Å². The van der Waals surface area contributed by atoms with Gasteiger partial charge in [-0.05, 0) is 54.6 Å². The molecule has 3 aromatic rings. The molecular weight excluding hydrogens is 690 g/mol. The number of ether oxygens (including phenoxy) is 2. The van der Waals surface area contributed by atoms with E-state index in [9.17, 15) is 24.4 Å². The molecule has 2 saturated heterocycles. The van der Waals surface area contributed by atoms with E-state index in [1.165, 1.54) is 14.2 Å². The molecule has 15 nitrogen and oxygen atoms in total. The number of methoxy groups -OCH3 is 2. The molecule has 6 atom stereocenters. The number of likely N-dealkylation sites (tertiary alicyclic amines) is 2. The number of hydrogen-bond acceptors (Lipinski definition) is 9. The zero-order valence-corrected chi connectivity index (χ0v) is 32.0. The Labute approximate surface area is 315 Å². The maximum absolute atomic E-state index is 13.7. The minimum absolute atomic E-state index is 0.153. The second-order valence-electron chi connectivity index (χ2n) is 14.9. The first kappa shape index (κ1) is 39.4. The Bertz CT molecular complexity index is 1970. The lowest BCUT2D eigenvalue weighted by Gasteiger charge is -2.30. The highest BCUT2D eigenvalue weighted by molar-refractivity contribution is 5.87. The van der Waals surface area contributed by atoms with Crippen LogP contribution in [-0.4, -0.2) is 93.1 Å². The van der Waals surface area contributed by atoms with Gasteiger partial charge in [0.1, 0.15) is 35.5 Å². The number of carbonyl (C=O) groups is 4. The van der Waals surface area contributed by atoms with Crippen LogP contribution in [0, 0.1) is 46.8 Å². The topological polar surface area (TPSA) is 198 Å². The first-order valence-electron chi connectivity index (χ1n) is 18.2. The molecule has 1 aromatic carbocycles. The molecule has 54 heavy (non-hydrogen) atoms. The summed E-state index contributed by atoms with van der Waals surface area (Å²) in [6.45, 7) is 12.7. The molecule has 2 fully saturated rings. The average Bonchev–Trinajstić information content (AvgIpc) is 3.97. The standard InChI is InChI=1S/C39H49N9O6/c1-21(2)32(45-38(51)53-7)36(49)47-19-23(5)13-30(47)34-41-17-28(43-34)12-11-25-9-10-26(15-27(25)16-40)29-18-42-35(44-29)31-14-24(6)20-48(31)37(50)33(22(3)4)46-39(52)54-8/h9-10,15,17-18,21-24,30-33H,13-14,19-20H2,1-8H3,(H,41,43)(H,42,44)(H,45,51)(H,46,52)/t23-,24-,30-,31-,32-,33-/m0/s1. The summed E-state index contributed by atoms with van der Waals surface area (Å²) in [5.74, 6) is 7.12. The highest BCUT2D eigenvalue weighted by atomic mass is 16.5. The predicted octanol–water partition coefficient (Wildman–Crippen LogP) is 4.65. The van der Waals surface area contributed by atoms with Crippen molar-refractivity contribution in [1.29, 1.82) is 5.26 Å². The van der Waals surface area contributed by atoms with Gasteiger partial charge in [0, 0.05) is 24.2 Å². The SMILES string of the molecule is COC(=O)N[C@H](C(=O)N1C[C@@H](C)C[C@H]1c1ncc(C#Cc2ccc(-c3cnc([C@@H]4C[C@H](C)CN4C(=O)[C@@H](NC(=O)OC)C(C)C)[nH]3)cc2C#N)[nH]1)C(C)C. The molecule has 5 rings (SSSR count). The van der Waals surface area contributed by atoms with Crippen LogP contribution in [-0.2, 0) is 19.1 Å². The van der Waals surface area contributed by atoms with E-state index in [0.717, 1.165) is 5.56 Å². The Morgan fingerprint density at radius 2 is 1.31 bits per heavy atom. The summed E-state index contributed by atoms with van der Waals surface area (Å²) in [7, 11) is 2.53. The minimum Gasteiger partial charge on any atom is -0.453 e. The van der Waals surface area contributed by atoms with Crippen LogP contribution in [0.3, 0.4) is 0 Å². The Kier molecular flexibility index (Phi) is 12.3. The maximum atomic E-state index is 13.7.